The zero-order valence-electron chi connectivity index (χ0n) is 18.6. The van der Waals surface area contributed by atoms with Crippen molar-refractivity contribution in [2.24, 2.45) is 0 Å². The minimum Gasteiger partial charge on any atom is -0.339 e. The highest BCUT2D eigenvalue weighted by Gasteiger charge is 2.33. The van der Waals surface area contributed by atoms with Crippen LogP contribution in [0.3, 0.4) is 0 Å². The van der Waals surface area contributed by atoms with Crippen LogP contribution in [0.5, 0.6) is 0 Å². The SMILES string of the molecule is Cc1nn(C2CCS(=O)(=O)C2)c2nc(-c3ccc(F)cc3)cc(C(=O)N3CCCCCC3)c12. The zero-order valence-corrected chi connectivity index (χ0v) is 19.4. The van der Waals surface area contributed by atoms with Crippen molar-refractivity contribution >= 4 is 26.8 Å². The van der Waals surface area contributed by atoms with Crippen LogP contribution in [0.1, 0.15) is 54.2 Å². The van der Waals surface area contributed by atoms with Gasteiger partial charge in [0.25, 0.3) is 5.91 Å². The summed E-state index contributed by atoms with van der Waals surface area (Å²) in [6, 6.07) is 7.46. The maximum absolute atomic E-state index is 13.7. The maximum Gasteiger partial charge on any atom is 0.254 e. The van der Waals surface area contributed by atoms with Crippen molar-refractivity contribution < 1.29 is 17.6 Å². The third-order valence-electron chi connectivity index (χ3n) is 6.65. The summed E-state index contributed by atoms with van der Waals surface area (Å²) in [7, 11) is -3.12. The number of likely N-dealkylation sites (tertiary alicyclic amines) is 1. The van der Waals surface area contributed by atoms with E-state index in [1.807, 2.05) is 11.8 Å². The van der Waals surface area contributed by atoms with Gasteiger partial charge >= 0.3 is 0 Å². The molecule has 7 nitrogen and oxygen atoms in total. The molecule has 4 heterocycles. The van der Waals surface area contributed by atoms with Gasteiger partial charge in [-0.05, 0) is 56.5 Å². The molecule has 1 atom stereocenters. The molecule has 33 heavy (non-hydrogen) atoms. The van der Waals surface area contributed by atoms with Crippen LogP contribution >= 0.6 is 0 Å². The van der Waals surface area contributed by atoms with Crippen molar-refractivity contribution in [3.8, 4) is 11.3 Å². The van der Waals surface area contributed by atoms with Gasteiger partial charge in [-0.25, -0.2) is 22.5 Å². The van der Waals surface area contributed by atoms with Gasteiger partial charge in [-0.3, -0.25) is 4.79 Å². The summed E-state index contributed by atoms with van der Waals surface area (Å²) in [6.07, 6.45) is 4.65. The Balaban J connectivity index is 1.69. The molecule has 5 rings (SSSR count). The topological polar surface area (TPSA) is 85.2 Å². The monoisotopic (exact) mass is 470 g/mol. The lowest BCUT2D eigenvalue weighted by Crippen LogP contribution is -2.32. The van der Waals surface area contributed by atoms with E-state index in [0.717, 1.165) is 25.7 Å². The minimum absolute atomic E-state index is 0.0150. The number of pyridine rings is 1. The molecule has 0 N–H and O–H groups in total. The van der Waals surface area contributed by atoms with Gasteiger partial charge in [0.1, 0.15) is 5.82 Å². The number of carbonyl (C=O) groups is 1. The zero-order chi connectivity index (χ0) is 23.2. The first-order valence-corrected chi connectivity index (χ1v) is 13.3. The van der Waals surface area contributed by atoms with Gasteiger partial charge in [0.15, 0.2) is 15.5 Å². The summed E-state index contributed by atoms with van der Waals surface area (Å²) in [5.41, 5.74) is 2.92. The van der Waals surface area contributed by atoms with Gasteiger partial charge in [0.05, 0.1) is 39.9 Å². The number of aromatic nitrogens is 3. The molecule has 1 unspecified atom stereocenters. The lowest BCUT2D eigenvalue weighted by atomic mass is 10.0. The van der Waals surface area contributed by atoms with Crippen LogP contribution in [-0.2, 0) is 9.84 Å². The average Bonchev–Trinajstić information content (AvgIpc) is 3.18. The molecule has 0 spiro atoms. The van der Waals surface area contributed by atoms with E-state index in [2.05, 4.69) is 5.10 Å². The van der Waals surface area contributed by atoms with Crippen LogP contribution in [0.15, 0.2) is 30.3 Å². The highest BCUT2D eigenvalue weighted by atomic mass is 32.2. The van der Waals surface area contributed by atoms with E-state index in [4.69, 9.17) is 4.98 Å². The fourth-order valence-electron chi connectivity index (χ4n) is 4.92. The first-order valence-electron chi connectivity index (χ1n) is 11.5. The Morgan fingerprint density at radius 3 is 2.42 bits per heavy atom. The van der Waals surface area contributed by atoms with E-state index in [0.29, 0.717) is 53.1 Å². The maximum atomic E-state index is 13.7. The number of aryl methyl sites for hydroxylation is 1. The molecule has 1 aromatic carbocycles. The van der Waals surface area contributed by atoms with Crippen molar-refractivity contribution in [3.05, 3.63) is 47.4 Å². The number of rotatable bonds is 3. The number of hydrogen-bond donors (Lipinski definition) is 0. The highest BCUT2D eigenvalue weighted by molar-refractivity contribution is 7.91. The van der Waals surface area contributed by atoms with Gasteiger partial charge in [-0.1, -0.05) is 12.8 Å². The number of sulfone groups is 1. The van der Waals surface area contributed by atoms with Crippen LogP contribution in [0.4, 0.5) is 4.39 Å². The smallest absolute Gasteiger partial charge is 0.254 e. The fourth-order valence-corrected chi connectivity index (χ4v) is 6.61. The first kappa shape index (κ1) is 22.0. The predicted octanol–water partition coefficient (Wildman–Crippen LogP) is 3.92. The van der Waals surface area contributed by atoms with Crippen LogP contribution in [0, 0.1) is 12.7 Å². The molecule has 2 aliphatic rings. The molecule has 174 valence electrons. The summed E-state index contributed by atoms with van der Waals surface area (Å²) < 4.78 is 39.5. The Bertz CT molecular complexity index is 1310. The van der Waals surface area contributed by atoms with Crippen LogP contribution < -0.4 is 0 Å². The molecule has 0 bridgehead atoms. The van der Waals surface area contributed by atoms with E-state index in [9.17, 15) is 17.6 Å². The molecule has 1 amide bonds. The number of benzene rings is 1. The fraction of sp³-hybridized carbons (Fsp3) is 0.458. The second kappa shape index (κ2) is 8.52. The Morgan fingerprint density at radius 1 is 1.09 bits per heavy atom. The quantitative estimate of drug-likeness (QED) is 0.579. The number of nitrogens with zero attached hydrogens (tertiary/aromatic N) is 4. The van der Waals surface area contributed by atoms with Crippen LogP contribution in [-0.4, -0.2) is 58.6 Å². The van der Waals surface area contributed by atoms with Crippen LogP contribution in [0.25, 0.3) is 22.3 Å². The number of fused-ring (bicyclic) bond motifs is 1. The summed E-state index contributed by atoms with van der Waals surface area (Å²) in [5, 5.41) is 5.32. The predicted molar refractivity (Wildman–Crippen MR) is 124 cm³/mol. The molecule has 0 aliphatic carbocycles. The van der Waals surface area contributed by atoms with E-state index in [-0.39, 0.29) is 29.3 Å². The number of carbonyl (C=O) groups excluding carboxylic acids is 1. The molecule has 2 aromatic heterocycles. The number of halogens is 1. The summed E-state index contributed by atoms with van der Waals surface area (Å²) >= 11 is 0. The van der Waals surface area contributed by atoms with E-state index in [1.54, 1.807) is 22.9 Å². The van der Waals surface area contributed by atoms with Crippen molar-refractivity contribution in [1.29, 1.82) is 0 Å². The third-order valence-corrected chi connectivity index (χ3v) is 8.41. The van der Waals surface area contributed by atoms with Crippen LogP contribution in [0.2, 0.25) is 0 Å². The van der Waals surface area contributed by atoms with Crippen molar-refractivity contribution in [3.63, 3.8) is 0 Å². The highest BCUT2D eigenvalue weighted by Crippen LogP contribution is 2.33. The summed E-state index contributed by atoms with van der Waals surface area (Å²) in [5.74, 6) is -0.275. The first-order chi connectivity index (χ1) is 15.8. The molecular weight excluding hydrogens is 443 g/mol. The second-order valence-corrected chi connectivity index (χ2v) is 11.3. The largest absolute Gasteiger partial charge is 0.339 e. The van der Waals surface area contributed by atoms with E-state index < -0.39 is 9.84 Å². The molecule has 3 aromatic rings. The Kier molecular flexibility index (Phi) is 5.68. The Hall–Kier alpha value is -2.81. The van der Waals surface area contributed by atoms with Crippen molar-refractivity contribution in [2.75, 3.05) is 24.6 Å². The summed E-state index contributed by atoms with van der Waals surface area (Å²) in [4.78, 5) is 20.4. The lowest BCUT2D eigenvalue weighted by molar-refractivity contribution is 0.0763. The molecule has 2 aliphatic heterocycles. The molecule has 0 radical (unpaired) electrons. The Morgan fingerprint density at radius 2 is 1.79 bits per heavy atom. The molecular formula is C24H27FN4O3S. The molecule has 9 heteroatoms. The standard InChI is InChI=1S/C24H27FN4O3S/c1-16-22-20(24(30)28-11-4-2-3-5-12-28)14-21(17-6-8-18(25)9-7-17)26-23(22)29(27-16)19-10-13-33(31,32)15-19/h6-9,14,19H,2-5,10-13,15H2,1H3. The number of hydrogen-bond acceptors (Lipinski definition) is 5. The normalized spacial score (nSPS) is 20.8. The van der Waals surface area contributed by atoms with E-state index >= 15 is 0 Å². The molecule has 2 saturated heterocycles. The minimum atomic E-state index is -3.12. The van der Waals surface area contributed by atoms with Gasteiger partial charge in [0.2, 0.25) is 0 Å². The van der Waals surface area contributed by atoms with E-state index in [1.165, 1.54) is 12.1 Å². The van der Waals surface area contributed by atoms with Crippen molar-refractivity contribution in [1.82, 2.24) is 19.7 Å². The number of amides is 1. The second-order valence-electron chi connectivity index (χ2n) is 9.05. The third kappa shape index (κ3) is 4.26. The van der Waals surface area contributed by atoms with Gasteiger partial charge in [-0.2, -0.15) is 5.10 Å². The lowest BCUT2D eigenvalue weighted by Gasteiger charge is -2.21. The molecule has 2 fully saturated rings. The average molecular weight is 471 g/mol. The summed E-state index contributed by atoms with van der Waals surface area (Å²) in [6.45, 7) is 3.26. The van der Waals surface area contributed by atoms with Crippen molar-refractivity contribution in [2.45, 2.75) is 45.1 Å². The van der Waals surface area contributed by atoms with Gasteiger partial charge in [0, 0.05) is 18.7 Å². The van der Waals surface area contributed by atoms with Gasteiger partial charge in [-0.15, -0.1) is 0 Å². The Labute approximate surface area is 192 Å². The van der Waals surface area contributed by atoms with Gasteiger partial charge < -0.3 is 4.90 Å². The molecule has 0 saturated carbocycles.